The van der Waals surface area contributed by atoms with Crippen molar-refractivity contribution in [3.05, 3.63) is 82.6 Å². The van der Waals surface area contributed by atoms with Crippen LogP contribution in [0.15, 0.2) is 65.5 Å². The smallest absolute Gasteiger partial charge is 0.406 e. The Bertz CT molecular complexity index is 1170. The van der Waals surface area contributed by atoms with Gasteiger partial charge in [-0.1, -0.05) is 12.2 Å². The zero-order valence-corrected chi connectivity index (χ0v) is 16.5. The number of benzene rings is 2. The number of hydrogen-bond donors (Lipinski definition) is 0. The normalized spacial score (nSPS) is 13.5. The molecule has 0 saturated carbocycles. The average Bonchev–Trinajstić information content (AvgIpc) is 2.85. The number of hydrogen-bond acceptors (Lipinski definition) is 3. The lowest BCUT2D eigenvalue weighted by Crippen LogP contribution is -2.23. The van der Waals surface area contributed by atoms with Gasteiger partial charge in [-0.15, -0.1) is 26.3 Å². The van der Waals surface area contributed by atoms with Gasteiger partial charge in [0, 0.05) is 0 Å². The fraction of sp³-hybridized carbons (Fsp3) is 0.136. The summed E-state index contributed by atoms with van der Waals surface area (Å²) in [6.45, 7) is 0. The molecule has 3 aromatic rings. The van der Waals surface area contributed by atoms with Gasteiger partial charge in [0.15, 0.2) is 0 Å². The topological polar surface area (TPSA) is 45.4 Å². The lowest BCUT2D eigenvalue weighted by atomic mass is 10.2. The molecule has 0 fully saturated rings. The van der Waals surface area contributed by atoms with E-state index in [1.165, 1.54) is 33.4 Å². The van der Waals surface area contributed by atoms with Crippen molar-refractivity contribution >= 4 is 12.2 Å². The molecule has 11 heteroatoms. The molecule has 0 amide bonds. The predicted molar refractivity (Wildman–Crippen MR) is 107 cm³/mol. The van der Waals surface area contributed by atoms with Crippen LogP contribution in [0.4, 0.5) is 26.3 Å². The number of rotatable bonds is 4. The van der Waals surface area contributed by atoms with Gasteiger partial charge in [0.05, 0.1) is 22.8 Å². The standard InChI is InChI=1S/C22H14F6N2O3/c23-21(24,25)32-16-10-6-14(7-11-16)29-18-4-2-1-3-5-19(18)30(20(29)31)15-8-12-17(13-9-15)33-22(26,27)28/h2-13H,1H2. The Balaban J connectivity index is 1.80. The molecule has 0 saturated heterocycles. The van der Waals surface area contributed by atoms with E-state index in [1.54, 1.807) is 24.3 Å². The Labute approximate surface area is 182 Å². The number of ether oxygens (including phenoxy) is 2. The second-order valence-electron chi connectivity index (χ2n) is 6.85. The number of allylic oxidation sites excluding steroid dienone is 2. The fourth-order valence-corrected chi connectivity index (χ4v) is 3.39. The van der Waals surface area contributed by atoms with Gasteiger partial charge < -0.3 is 9.47 Å². The summed E-state index contributed by atoms with van der Waals surface area (Å²) in [6, 6.07) is 9.53. The van der Waals surface area contributed by atoms with Crippen LogP contribution in [0, 0.1) is 0 Å². The summed E-state index contributed by atoms with van der Waals surface area (Å²) in [7, 11) is 0. The van der Waals surface area contributed by atoms with Gasteiger partial charge in [-0.05, 0) is 67.1 Å². The van der Waals surface area contributed by atoms with Crippen molar-refractivity contribution in [2.45, 2.75) is 19.1 Å². The van der Waals surface area contributed by atoms with E-state index in [4.69, 9.17) is 0 Å². The summed E-state index contributed by atoms with van der Waals surface area (Å²) in [5, 5.41) is 0. The van der Waals surface area contributed by atoms with Crippen molar-refractivity contribution in [3.8, 4) is 22.9 Å². The summed E-state index contributed by atoms with van der Waals surface area (Å²) in [4.78, 5) is 13.3. The molecule has 1 heterocycles. The maximum Gasteiger partial charge on any atom is 0.573 e. The van der Waals surface area contributed by atoms with E-state index in [1.807, 2.05) is 0 Å². The molecule has 0 N–H and O–H groups in total. The molecule has 2 aromatic carbocycles. The summed E-state index contributed by atoms with van der Waals surface area (Å²) in [5.41, 5.74) is 0.899. The zero-order chi connectivity index (χ0) is 23.8. The largest absolute Gasteiger partial charge is 0.573 e. The molecule has 1 aromatic heterocycles. The van der Waals surface area contributed by atoms with E-state index in [0.29, 0.717) is 17.8 Å². The van der Waals surface area contributed by atoms with Crippen LogP contribution in [-0.4, -0.2) is 21.9 Å². The maximum absolute atomic E-state index is 13.3. The quantitative estimate of drug-likeness (QED) is 0.451. The highest BCUT2D eigenvalue weighted by Crippen LogP contribution is 2.28. The van der Waals surface area contributed by atoms with Crippen LogP contribution in [0.2, 0.25) is 0 Å². The third-order valence-electron chi connectivity index (χ3n) is 4.61. The molecule has 1 aliphatic carbocycles. The van der Waals surface area contributed by atoms with E-state index in [0.717, 1.165) is 24.3 Å². The maximum atomic E-state index is 13.3. The van der Waals surface area contributed by atoms with E-state index in [-0.39, 0.29) is 11.4 Å². The number of fused-ring (bicyclic) bond motifs is 1. The Morgan fingerprint density at radius 3 is 1.33 bits per heavy atom. The van der Waals surface area contributed by atoms with Gasteiger partial charge in [-0.25, -0.2) is 4.79 Å². The highest BCUT2D eigenvalue weighted by Gasteiger charge is 2.32. The third kappa shape index (κ3) is 4.97. The minimum atomic E-state index is -4.85. The molecule has 0 radical (unpaired) electrons. The van der Waals surface area contributed by atoms with Gasteiger partial charge in [0.25, 0.3) is 0 Å². The van der Waals surface area contributed by atoms with E-state index < -0.39 is 29.9 Å². The van der Waals surface area contributed by atoms with Crippen molar-refractivity contribution in [2.75, 3.05) is 0 Å². The molecule has 0 spiro atoms. The van der Waals surface area contributed by atoms with E-state index in [9.17, 15) is 31.1 Å². The number of alkyl halides is 6. The van der Waals surface area contributed by atoms with Crippen molar-refractivity contribution in [1.82, 2.24) is 9.13 Å². The van der Waals surface area contributed by atoms with Gasteiger partial charge in [-0.3, -0.25) is 9.13 Å². The first-order chi connectivity index (χ1) is 15.5. The molecule has 1 aliphatic rings. The molecule has 0 bridgehead atoms. The number of imidazole rings is 1. The Morgan fingerprint density at radius 1 is 0.636 bits per heavy atom. The second-order valence-corrected chi connectivity index (χ2v) is 6.85. The highest BCUT2D eigenvalue weighted by molar-refractivity contribution is 5.67. The SMILES string of the molecule is O=c1n(-c2ccc(OC(F)(F)F)cc2)c2c(n1-c1ccc(OC(F)(F)F)cc1)C=CCC=C2. The Morgan fingerprint density at radius 2 is 1.00 bits per heavy atom. The number of halogens is 6. The fourth-order valence-electron chi connectivity index (χ4n) is 3.39. The molecule has 5 nitrogen and oxygen atoms in total. The van der Waals surface area contributed by atoms with Crippen LogP contribution in [0.5, 0.6) is 11.5 Å². The molecule has 33 heavy (non-hydrogen) atoms. The monoisotopic (exact) mass is 468 g/mol. The van der Waals surface area contributed by atoms with Crippen LogP contribution in [-0.2, 0) is 0 Å². The molecular weight excluding hydrogens is 454 g/mol. The van der Waals surface area contributed by atoms with Crippen molar-refractivity contribution in [3.63, 3.8) is 0 Å². The van der Waals surface area contributed by atoms with Gasteiger partial charge in [0.1, 0.15) is 11.5 Å². The van der Waals surface area contributed by atoms with Crippen LogP contribution in [0.3, 0.4) is 0 Å². The summed E-state index contributed by atoms with van der Waals surface area (Å²) in [5.74, 6) is -0.888. The van der Waals surface area contributed by atoms with Gasteiger partial charge in [-0.2, -0.15) is 0 Å². The number of aromatic nitrogens is 2. The predicted octanol–water partition coefficient (Wildman–Crippen LogP) is 5.86. The van der Waals surface area contributed by atoms with Crippen LogP contribution < -0.4 is 15.2 Å². The molecule has 172 valence electrons. The first kappa shape index (κ1) is 22.3. The van der Waals surface area contributed by atoms with Crippen molar-refractivity contribution < 1.29 is 35.8 Å². The third-order valence-corrected chi connectivity index (χ3v) is 4.61. The summed E-state index contributed by atoms with van der Waals surface area (Å²) >= 11 is 0. The lowest BCUT2D eigenvalue weighted by molar-refractivity contribution is -0.275. The Hall–Kier alpha value is -3.89. The summed E-state index contributed by atoms with van der Waals surface area (Å²) < 4.78 is 85.0. The molecule has 0 unspecified atom stereocenters. The van der Waals surface area contributed by atoms with E-state index in [2.05, 4.69) is 9.47 Å². The molecule has 0 aliphatic heterocycles. The van der Waals surface area contributed by atoms with Crippen LogP contribution >= 0.6 is 0 Å². The zero-order valence-electron chi connectivity index (χ0n) is 16.5. The average molecular weight is 468 g/mol. The van der Waals surface area contributed by atoms with Crippen molar-refractivity contribution in [2.24, 2.45) is 0 Å². The van der Waals surface area contributed by atoms with Gasteiger partial charge in [0.2, 0.25) is 0 Å². The first-order valence-corrected chi connectivity index (χ1v) is 9.45. The van der Waals surface area contributed by atoms with Gasteiger partial charge >= 0.3 is 18.4 Å². The lowest BCUT2D eigenvalue weighted by Gasteiger charge is -2.10. The van der Waals surface area contributed by atoms with Crippen LogP contribution in [0.25, 0.3) is 23.5 Å². The highest BCUT2D eigenvalue weighted by atomic mass is 19.4. The minimum absolute atomic E-state index is 0.279. The number of nitrogens with zero attached hydrogens (tertiary/aromatic N) is 2. The molecular formula is C22H14F6N2O3. The molecule has 0 atom stereocenters. The molecule has 4 rings (SSSR count). The first-order valence-electron chi connectivity index (χ1n) is 9.45. The minimum Gasteiger partial charge on any atom is -0.406 e. The van der Waals surface area contributed by atoms with E-state index >= 15 is 0 Å². The van der Waals surface area contributed by atoms with Crippen molar-refractivity contribution in [1.29, 1.82) is 0 Å². The second kappa shape index (κ2) is 8.23. The Kier molecular flexibility index (Phi) is 5.56. The summed E-state index contributed by atoms with van der Waals surface area (Å²) in [6.07, 6.45) is -2.17. The van der Waals surface area contributed by atoms with Crippen LogP contribution in [0.1, 0.15) is 17.8 Å².